The molecule has 0 unspecified atom stereocenters. The van der Waals surface area contributed by atoms with Crippen molar-refractivity contribution in [2.24, 2.45) is 0 Å². The number of nitrogens with zero attached hydrogens (tertiary/aromatic N) is 4. The molecule has 0 radical (unpaired) electrons. The predicted molar refractivity (Wildman–Crippen MR) is 254 cm³/mol. The Morgan fingerprint density at radius 1 is 0.279 bits per heavy atom. The lowest BCUT2D eigenvalue weighted by molar-refractivity contribution is 1.18. The van der Waals surface area contributed by atoms with Crippen LogP contribution < -0.4 is 0 Å². The van der Waals surface area contributed by atoms with Crippen molar-refractivity contribution < 1.29 is 0 Å². The van der Waals surface area contributed by atoms with Gasteiger partial charge in [-0.15, -0.1) is 11.3 Å². The summed E-state index contributed by atoms with van der Waals surface area (Å²) < 4.78 is 2.53. The van der Waals surface area contributed by atoms with Gasteiger partial charge < -0.3 is 0 Å². The lowest BCUT2D eigenvalue weighted by Gasteiger charge is -2.15. The van der Waals surface area contributed by atoms with Gasteiger partial charge in [0.15, 0.2) is 11.6 Å². The van der Waals surface area contributed by atoms with E-state index in [0.29, 0.717) is 11.6 Å². The molecule has 0 aliphatic heterocycles. The molecule has 3 aromatic heterocycles. The average Bonchev–Trinajstić information content (AvgIpc) is 3.73. The maximum Gasteiger partial charge on any atom is 0.160 e. The second-order valence-corrected chi connectivity index (χ2v) is 16.1. The summed E-state index contributed by atoms with van der Waals surface area (Å²) in [6.07, 6.45) is 0. The number of aromatic nitrogens is 4. The normalized spacial score (nSPS) is 11.3. The van der Waals surface area contributed by atoms with E-state index in [1.165, 1.54) is 25.7 Å². The summed E-state index contributed by atoms with van der Waals surface area (Å²) in [5.74, 6) is 1.38. The summed E-state index contributed by atoms with van der Waals surface area (Å²) in [4.78, 5) is 20.4. The third kappa shape index (κ3) is 7.07. The molecule has 0 atom stereocenters. The Morgan fingerprint density at radius 3 is 1.10 bits per heavy atom. The van der Waals surface area contributed by atoms with Crippen LogP contribution in [0.5, 0.6) is 0 Å². The molecule has 8 aromatic carbocycles. The fourth-order valence-corrected chi connectivity index (χ4v) is 9.24. The van der Waals surface area contributed by atoms with E-state index in [0.717, 1.165) is 72.8 Å². The van der Waals surface area contributed by atoms with Crippen molar-refractivity contribution >= 4 is 31.5 Å². The second kappa shape index (κ2) is 15.7. The lowest BCUT2D eigenvalue weighted by atomic mass is 9.90. The third-order valence-electron chi connectivity index (χ3n) is 11.2. The van der Waals surface area contributed by atoms with Crippen molar-refractivity contribution in [2.45, 2.75) is 0 Å². The molecule has 11 aromatic rings. The van der Waals surface area contributed by atoms with E-state index in [-0.39, 0.29) is 0 Å². The van der Waals surface area contributed by atoms with Crippen molar-refractivity contribution in [2.75, 3.05) is 0 Å². The average molecular weight is 797 g/mol. The summed E-state index contributed by atoms with van der Waals surface area (Å²) >= 11 is 1.84. The van der Waals surface area contributed by atoms with Crippen LogP contribution >= 0.6 is 11.3 Å². The summed E-state index contributed by atoms with van der Waals surface area (Å²) in [5.41, 5.74) is 14.3. The minimum absolute atomic E-state index is 0.690. The number of benzene rings is 8. The molecule has 0 saturated carbocycles. The van der Waals surface area contributed by atoms with Gasteiger partial charge in [0, 0.05) is 53.6 Å². The highest BCUT2D eigenvalue weighted by Gasteiger charge is 2.19. The second-order valence-electron chi connectivity index (χ2n) is 15.0. The zero-order valence-corrected chi connectivity index (χ0v) is 33.8. The molecule has 0 aliphatic rings. The zero-order valence-electron chi connectivity index (χ0n) is 33.0. The maximum atomic E-state index is 5.11. The molecule has 0 aliphatic carbocycles. The molecule has 0 N–H and O–H groups in total. The Hall–Kier alpha value is -7.86. The van der Waals surface area contributed by atoms with Crippen LogP contribution in [0.1, 0.15) is 0 Å². The smallest absolute Gasteiger partial charge is 0.160 e. The Kier molecular flexibility index (Phi) is 9.34. The van der Waals surface area contributed by atoms with Gasteiger partial charge in [0.2, 0.25) is 0 Å². The van der Waals surface area contributed by atoms with Crippen LogP contribution in [-0.4, -0.2) is 19.9 Å². The van der Waals surface area contributed by atoms with Crippen LogP contribution in [0.3, 0.4) is 0 Å². The Morgan fingerprint density at radius 2 is 0.656 bits per heavy atom. The van der Waals surface area contributed by atoms with E-state index < -0.39 is 0 Å². The molecule has 5 heteroatoms. The van der Waals surface area contributed by atoms with Crippen molar-refractivity contribution in [1.29, 1.82) is 0 Å². The molecular formula is C56H36N4S. The predicted octanol–water partition coefficient (Wildman–Crippen LogP) is 15.0. The van der Waals surface area contributed by atoms with Crippen LogP contribution in [0.4, 0.5) is 0 Å². The zero-order chi connectivity index (χ0) is 40.5. The molecule has 0 amide bonds. The van der Waals surface area contributed by atoms with E-state index in [1.54, 1.807) is 0 Å². The third-order valence-corrected chi connectivity index (χ3v) is 12.3. The number of rotatable bonds is 8. The van der Waals surface area contributed by atoms with Gasteiger partial charge >= 0.3 is 0 Å². The quantitative estimate of drug-likeness (QED) is 0.154. The standard InChI is InChI=1S/C56H36N4S/c1-5-15-38(16-6-1)47-35-48(39-17-7-2-8-18-39)58-55(57-47)43-29-25-37(26-30-43)45-33-34-52-54(46-23-13-14-24-51(46)61-52)53(45)42-27-31-44(32-28-42)56-59-49(40-19-9-3-10-20-40)36-50(60-56)41-21-11-4-12-22-41/h1-36H. The van der Waals surface area contributed by atoms with E-state index in [1.807, 2.05) is 84.1 Å². The number of fused-ring (bicyclic) bond motifs is 3. The first kappa shape index (κ1) is 36.2. The summed E-state index contributed by atoms with van der Waals surface area (Å²) in [6.45, 7) is 0. The first-order valence-corrected chi connectivity index (χ1v) is 21.2. The van der Waals surface area contributed by atoms with Gasteiger partial charge in [-0.1, -0.05) is 194 Å². The van der Waals surface area contributed by atoms with Gasteiger partial charge in [-0.05, 0) is 46.5 Å². The monoisotopic (exact) mass is 796 g/mol. The molecule has 0 saturated heterocycles. The SMILES string of the molecule is c1ccc(-c2cc(-c3ccccc3)nc(-c3ccc(-c4ccc5sc6ccccc6c5c4-c4ccc(-c5nc(-c6ccccc6)cc(-c6ccccc6)n5)cc4)cc3)n2)cc1. The maximum absolute atomic E-state index is 5.11. The highest BCUT2D eigenvalue weighted by Crippen LogP contribution is 2.45. The van der Waals surface area contributed by atoms with Gasteiger partial charge in [-0.2, -0.15) is 0 Å². The van der Waals surface area contributed by atoms with Gasteiger partial charge in [-0.3, -0.25) is 0 Å². The minimum Gasteiger partial charge on any atom is -0.228 e. The van der Waals surface area contributed by atoms with Gasteiger partial charge in [-0.25, -0.2) is 19.9 Å². The highest BCUT2D eigenvalue weighted by molar-refractivity contribution is 7.26. The molecule has 11 rings (SSSR count). The van der Waals surface area contributed by atoms with Gasteiger partial charge in [0.25, 0.3) is 0 Å². The Labute approximate surface area is 358 Å². The molecule has 61 heavy (non-hydrogen) atoms. The fraction of sp³-hybridized carbons (Fsp3) is 0. The lowest BCUT2D eigenvalue weighted by Crippen LogP contribution is -1.96. The Bertz CT molecular complexity index is 3200. The molecule has 3 heterocycles. The summed E-state index contributed by atoms with van der Waals surface area (Å²) in [7, 11) is 0. The van der Waals surface area contributed by atoms with Crippen molar-refractivity contribution in [3.05, 3.63) is 218 Å². The fourth-order valence-electron chi connectivity index (χ4n) is 8.12. The van der Waals surface area contributed by atoms with Gasteiger partial charge in [0.05, 0.1) is 22.8 Å². The van der Waals surface area contributed by atoms with Crippen LogP contribution in [0.15, 0.2) is 218 Å². The minimum atomic E-state index is 0.690. The van der Waals surface area contributed by atoms with Crippen molar-refractivity contribution in [3.8, 4) is 90.1 Å². The van der Waals surface area contributed by atoms with Gasteiger partial charge in [0.1, 0.15) is 0 Å². The van der Waals surface area contributed by atoms with Crippen molar-refractivity contribution in [3.63, 3.8) is 0 Å². The summed E-state index contributed by atoms with van der Waals surface area (Å²) in [6, 6.07) is 76.2. The molecular weight excluding hydrogens is 761 g/mol. The van der Waals surface area contributed by atoms with Crippen molar-refractivity contribution in [1.82, 2.24) is 19.9 Å². The topological polar surface area (TPSA) is 51.6 Å². The van der Waals surface area contributed by atoms with Crippen LogP contribution in [0.25, 0.3) is 110 Å². The number of hydrogen-bond donors (Lipinski definition) is 0. The highest BCUT2D eigenvalue weighted by atomic mass is 32.1. The number of thiophene rings is 1. The van der Waals surface area contributed by atoms with Crippen LogP contribution in [-0.2, 0) is 0 Å². The van der Waals surface area contributed by atoms with Crippen LogP contribution in [0, 0.1) is 0 Å². The van der Waals surface area contributed by atoms with E-state index >= 15 is 0 Å². The molecule has 0 bridgehead atoms. The summed E-state index contributed by atoms with van der Waals surface area (Å²) in [5, 5.41) is 2.51. The van der Waals surface area contributed by atoms with E-state index in [4.69, 9.17) is 19.9 Å². The van der Waals surface area contributed by atoms with E-state index in [2.05, 4.69) is 146 Å². The molecule has 0 fully saturated rings. The number of hydrogen-bond acceptors (Lipinski definition) is 5. The van der Waals surface area contributed by atoms with E-state index in [9.17, 15) is 0 Å². The molecule has 286 valence electrons. The molecule has 0 spiro atoms. The first-order chi connectivity index (χ1) is 30.2. The van der Waals surface area contributed by atoms with Crippen LogP contribution in [0.2, 0.25) is 0 Å². The Balaban J connectivity index is 1.02. The molecule has 4 nitrogen and oxygen atoms in total. The first-order valence-electron chi connectivity index (χ1n) is 20.4. The largest absolute Gasteiger partial charge is 0.228 e.